The van der Waals surface area contributed by atoms with Gasteiger partial charge in [-0.15, -0.1) is 0 Å². The van der Waals surface area contributed by atoms with Crippen LogP contribution >= 0.6 is 0 Å². The zero-order valence-corrected chi connectivity index (χ0v) is 12.4. The molecule has 0 aliphatic rings. The Morgan fingerprint density at radius 2 is 1.79 bits per heavy atom. The van der Waals surface area contributed by atoms with Crippen molar-refractivity contribution in [2.45, 2.75) is 32.4 Å². The molecular weight excluding hydrogens is 238 g/mol. The molecule has 0 heterocycles. The molecule has 0 fully saturated rings. The van der Waals surface area contributed by atoms with Crippen molar-refractivity contribution < 1.29 is 4.79 Å². The highest BCUT2D eigenvalue weighted by molar-refractivity contribution is 5.81. The quantitative estimate of drug-likeness (QED) is 0.852. The Kier molecular flexibility index (Phi) is 5.83. The smallest absolute Gasteiger partial charge is 0.239 e. The van der Waals surface area contributed by atoms with Crippen LogP contribution in [0.1, 0.15) is 25.3 Å². The van der Waals surface area contributed by atoms with Gasteiger partial charge in [-0.1, -0.05) is 25.5 Å². The molecule has 1 amide bonds. The maximum Gasteiger partial charge on any atom is 0.239 e. The van der Waals surface area contributed by atoms with Crippen LogP contribution < -0.4 is 10.6 Å². The molecule has 0 unspecified atom stereocenters. The molecule has 1 aromatic carbocycles. The zero-order chi connectivity index (χ0) is 14.4. The third kappa shape index (κ3) is 4.56. The first kappa shape index (κ1) is 15.5. The van der Waals surface area contributed by atoms with Crippen LogP contribution in [0.25, 0.3) is 0 Å². The third-order valence-electron chi connectivity index (χ3n) is 3.17. The lowest BCUT2D eigenvalue weighted by Crippen LogP contribution is -2.41. The van der Waals surface area contributed by atoms with Crippen molar-refractivity contribution in [2.24, 2.45) is 5.73 Å². The van der Waals surface area contributed by atoms with Gasteiger partial charge in [0.25, 0.3) is 0 Å². The van der Waals surface area contributed by atoms with Crippen molar-refractivity contribution in [3.8, 4) is 0 Å². The summed E-state index contributed by atoms with van der Waals surface area (Å²) in [5.74, 6) is 0.0125. The van der Waals surface area contributed by atoms with E-state index in [4.69, 9.17) is 5.73 Å². The van der Waals surface area contributed by atoms with Gasteiger partial charge in [-0.2, -0.15) is 0 Å². The lowest BCUT2D eigenvalue weighted by atomic mass is 10.1. The molecule has 0 saturated carbocycles. The van der Waals surface area contributed by atoms with Crippen LogP contribution in [0.15, 0.2) is 24.3 Å². The maximum absolute atomic E-state index is 12.0. The van der Waals surface area contributed by atoms with Crippen LogP contribution in [0.2, 0.25) is 0 Å². The first-order valence-corrected chi connectivity index (χ1v) is 6.72. The van der Waals surface area contributed by atoms with Gasteiger partial charge in [0, 0.05) is 33.4 Å². The number of likely N-dealkylation sites (N-methyl/N-ethyl adjacent to an activating group) is 1. The number of nitrogens with zero attached hydrogens (tertiary/aromatic N) is 2. The Hall–Kier alpha value is -1.55. The van der Waals surface area contributed by atoms with E-state index in [9.17, 15) is 4.79 Å². The largest absolute Gasteiger partial charge is 0.378 e. The van der Waals surface area contributed by atoms with E-state index >= 15 is 0 Å². The average molecular weight is 263 g/mol. The van der Waals surface area contributed by atoms with Gasteiger partial charge in [-0.05, 0) is 24.1 Å². The molecular formula is C15H25N3O. The number of anilines is 1. The van der Waals surface area contributed by atoms with Crippen molar-refractivity contribution >= 4 is 11.6 Å². The van der Waals surface area contributed by atoms with Gasteiger partial charge in [-0.3, -0.25) is 4.79 Å². The van der Waals surface area contributed by atoms with Crippen molar-refractivity contribution in [2.75, 3.05) is 26.0 Å². The van der Waals surface area contributed by atoms with E-state index in [1.807, 2.05) is 33.2 Å². The van der Waals surface area contributed by atoms with E-state index in [-0.39, 0.29) is 11.9 Å². The SMILES string of the molecule is CCC[C@H](N)C(=O)N(C)Cc1ccc(N(C)C)cc1. The molecule has 0 spiro atoms. The molecule has 106 valence electrons. The lowest BCUT2D eigenvalue weighted by Gasteiger charge is -2.21. The van der Waals surface area contributed by atoms with E-state index < -0.39 is 0 Å². The first-order chi connectivity index (χ1) is 8.95. The summed E-state index contributed by atoms with van der Waals surface area (Å²) in [7, 11) is 5.82. The predicted octanol–water partition coefficient (Wildman–Crippen LogP) is 1.84. The number of hydrogen-bond donors (Lipinski definition) is 1. The van der Waals surface area contributed by atoms with Crippen LogP contribution in [-0.4, -0.2) is 38.0 Å². The van der Waals surface area contributed by atoms with Crippen molar-refractivity contribution in [1.29, 1.82) is 0 Å². The van der Waals surface area contributed by atoms with E-state index in [1.54, 1.807) is 11.9 Å². The van der Waals surface area contributed by atoms with Gasteiger partial charge >= 0.3 is 0 Å². The minimum Gasteiger partial charge on any atom is -0.378 e. The van der Waals surface area contributed by atoms with Gasteiger partial charge in [0.1, 0.15) is 0 Å². The van der Waals surface area contributed by atoms with Crippen LogP contribution in [0.5, 0.6) is 0 Å². The summed E-state index contributed by atoms with van der Waals surface area (Å²) in [6, 6.07) is 7.82. The summed E-state index contributed by atoms with van der Waals surface area (Å²) < 4.78 is 0. The monoisotopic (exact) mass is 263 g/mol. The third-order valence-corrected chi connectivity index (χ3v) is 3.17. The summed E-state index contributed by atoms with van der Waals surface area (Å²) in [6.07, 6.45) is 1.67. The summed E-state index contributed by atoms with van der Waals surface area (Å²) >= 11 is 0. The molecule has 0 aromatic heterocycles. The Morgan fingerprint density at radius 1 is 1.21 bits per heavy atom. The van der Waals surface area contributed by atoms with E-state index in [0.717, 1.165) is 24.1 Å². The molecule has 2 N–H and O–H groups in total. The molecule has 0 aliphatic carbocycles. The molecule has 0 bridgehead atoms. The topological polar surface area (TPSA) is 49.6 Å². The highest BCUT2D eigenvalue weighted by Crippen LogP contribution is 2.13. The number of carbonyl (C=O) groups excluding carboxylic acids is 1. The van der Waals surface area contributed by atoms with E-state index in [1.165, 1.54) is 0 Å². The molecule has 0 saturated heterocycles. The van der Waals surface area contributed by atoms with Crippen molar-refractivity contribution in [3.63, 3.8) is 0 Å². The maximum atomic E-state index is 12.0. The summed E-state index contributed by atoms with van der Waals surface area (Å²) in [5, 5.41) is 0. The number of amides is 1. The summed E-state index contributed by atoms with van der Waals surface area (Å²) in [5.41, 5.74) is 8.12. The molecule has 1 rings (SSSR count). The van der Waals surface area contributed by atoms with Gasteiger partial charge in [0.2, 0.25) is 5.91 Å². The summed E-state index contributed by atoms with van der Waals surface area (Å²) in [4.78, 5) is 15.8. The highest BCUT2D eigenvalue weighted by Gasteiger charge is 2.17. The average Bonchev–Trinajstić information content (AvgIpc) is 2.38. The molecule has 0 radical (unpaired) electrons. The van der Waals surface area contributed by atoms with Crippen molar-refractivity contribution in [3.05, 3.63) is 29.8 Å². The van der Waals surface area contributed by atoms with E-state index in [0.29, 0.717) is 6.54 Å². The fourth-order valence-electron chi connectivity index (χ4n) is 1.97. The van der Waals surface area contributed by atoms with Crippen molar-refractivity contribution in [1.82, 2.24) is 4.90 Å². The fourth-order valence-corrected chi connectivity index (χ4v) is 1.97. The van der Waals surface area contributed by atoms with Crippen LogP contribution in [0, 0.1) is 0 Å². The number of carbonyl (C=O) groups is 1. The molecule has 19 heavy (non-hydrogen) atoms. The minimum atomic E-state index is -0.379. The minimum absolute atomic E-state index is 0.0125. The zero-order valence-electron chi connectivity index (χ0n) is 12.4. The Labute approximate surface area is 116 Å². The van der Waals surface area contributed by atoms with Crippen LogP contribution in [0.4, 0.5) is 5.69 Å². The van der Waals surface area contributed by atoms with Gasteiger partial charge in [0.05, 0.1) is 6.04 Å². The van der Waals surface area contributed by atoms with Crippen LogP contribution in [-0.2, 0) is 11.3 Å². The standard InChI is InChI=1S/C15H25N3O/c1-5-6-14(16)15(19)18(4)11-12-7-9-13(10-8-12)17(2)3/h7-10,14H,5-6,11,16H2,1-4H3/t14-/m0/s1. The summed E-state index contributed by atoms with van der Waals surface area (Å²) in [6.45, 7) is 2.64. The number of hydrogen-bond acceptors (Lipinski definition) is 3. The number of benzene rings is 1. The highest BCUT2D eigenvalue weighted by atomic mass is 16.2. The Bertz CT molecular complexity index is 400. The van der Waals surface area contributed by atoms with E-state index in [2.05, 4.69) is 17.0 Å². The second-order valence-corrected chi connectivity index (χ2v) is 5.15. The van der Waals surface area contributed by atoms with Gasteiger partial charge in [0.15, 0.2) is 0 Å². The second-order valence-electron chi connectivity index (χ2n) is 5.15. The van der Waals surface area contributed by atoms with Crippen LogP contribution in [0.3, 0.4) is 0 Å². The normalized spacial score (nSPS) is 12.1. The Balaban J connectivity index is 2.61. The molecule has 1 atom stereocenters. The molecule has 1 aromatic rings. The number of nitrogens with two attached hydrogens (primary N) is 1. The van der Waals surface area contributed by atoms with Gasteiger partial charge < -0.3 is 15.5 Å². The second kappa shape index (κ2) is 7.14. The fraction of sp³-hybridized carbons (Fsp3) is 0.533. The Morgan fingerprint density at radius 3 is 2.26 bits per heavy atom. The molecule has 4 heteroatoms. The lowest BCUT2D eigenvalue weighted by molar-refractivity contribution is -0.131. The first-order valence-electron chi connectivity index (χ1n) is 6.72. The number of rotatable bonds is 6. The molecule has 4 nitrogen and oxygen atoms in total. The van der Waals surface area contributed by atoms with Gasteiger partial charge in [-0.25, -0.2) is 0 Å². The predicted molar refractivity (Wildman–Crippen MR) is 80.1 cm³/mol. The molecule has 0 aliphatic heterocycles.